The van der Waals surface area contributed by atoms with E-state index in [0.717, 1.165) is 11.1 Å². The van der Waals surface area contributed by atoms with Crippen LogP contribution in [0.3, 0.4) is 0 Å². The van der Waals surface area contributed by atoms with Gasteiger partial charge in [-0.15, -0.1) is 0 Å². The van der Waals surface area contributed by atoms with Gasteiger partial charge in [0.25, 0.3) is 0 Å². The molecule has 0 atom stereocenters. The molecule has 2 aromatic carbocycles. The largest absolute Gasteiger partial charge is 0.497 e. The molecule has 0 aliphatic heterocycles. The predicted molar refractivity (Wildman–Crippen MR) is 91.9 cm³/mol. The lowest BCUT2D eigenvalue weighted by molar-refractivity contribution is -0.116. The topological polar surface area (TPSA) is 47.6 Å². The summed E-state index contributed by atoms with van der Waals surface area (Å²) in [6, 6.07) is 12.8. The Kier molecular flexibility index (Phi) is 6.06. The summed E-state index contributed by atoms with van der Waals surface area (Å²) in [4.78, 5) is 11.9. The van der Waals surface area contributed by atoms with Crippen molar-refractivity contribution in [3.05, 3.63) is 64.7 Å². The number of ether oxygens (including phenoxy) is 2. The normalized spacial score (nSPS) is 10.6. The highest BCUT2D eigenvalue weighted by Gasteiger charge is 2.04. The molecule has 5 heteroatoms. The first kappa shape index (κ1) is 16.9. The van der Waals surface area contributed by atoms with Crippen LogP contribution in [-0.2, 0) is 11.3 Å². The van der Waals surface area contributed by atoms with Gasteiger partial charge in [0.05, 0.1) is 14.2 Å². The highest BCUT2D eigenvalue weighted by atomic mass is 35.5. The third-order valence-electron chi connectivity index (χ3n) is 3.26. The Hall–Kier alpha value is -2.46. The fraction of sp³-hybridized carbons (Fsp3) is 0.167. The first-order valence-electron chi connectivity index (χ1n) is 7.05. The van der Waals surface area contributed by atoms with Crippen LogP contribution in [0.25, 0.3) is 6.08 Å². The van der Waals surface area contributed by atoms with Crippen LogP contribution >= 0.6 is 11.6 Å². The summed E-state index contributed by atoms with van der Waals surface area (Å²) in [7, 11) is 3.17. The zero-order chi connectivity index (χ0) is 16.7. The number of hydrogen-bond donors (Lipinski definition) is 1. The van der Waals surface area contributed by atoms with Crippen molar-refractivity contribution in [3.63, 3.8) is 0 Å². The van der Waals surface area contributed by atoms with E-state index in [9.17, 15) is 4.79 Å². The number of rotatable bonds is 6. The summed E-state index contributed by atoms with van der Waals surface area (Å²) >= 11 is 6.05. The highest BCUT2D eigenvalue weighted by molar-refractivity contribution is 6.31. The molecule has 0 fully saturated rings. The second-order valence-corrected chi connectivity index (χ2v) is 5.16. The van der Waals surface area contributed by atoms with Crippen molar-refractivity contribution >= 4 is 23.6 Å². The molecule has 0 aromatic heterocycles. The lowest BCUT2D eigenvalue weighted by Crippen LogP contribution is -2.20. The Morgan fingerprint density at radius 3 is 2.65 bits per heavy atom. The summed E-state index contributed by atoms with van der Waals surface area (Å²) < 4.78 is 10.4. The van der Waals surface area contributed by atoms with Crippen LogP contribution in [0.1, 0.15) is 11.1 Å². The Balaban J connectivity index is 2.02. The van der Waals surface area contributed by atoms with Gasteiger partial charge in [-0.05, 0) is 35.9 Å². The maximum atomic E-state index is 11.9. The lowest BCUT2D eigenvalue weighted by Gasteiger charge is -2.07. The van der Waals surface area contributed by atoms with E-state index in [2.05, 4.69) is 5.32 Å². The molecule has 2 aromatic rings. The minimum atomic E-state index is -0.213. The van der Waals surface area contributed by atoms with Gasteiger partial charge in [-0.2, -0.15) is 0 Å². The van der Waals surface area contributed by atoms with Gasteiger partial charge in [-0.1, -0.05) is 29.8 Å². The summed E-state index contributed by atoms with van der Waals surface area (Å²) in [5.74, 6) is 1.15. The lowest BCUT2D eigenvalue weighted by atomic mass is 10.1. The number of carbonyl (C=O) groups is 1. The molecule has 1 N–H and O–H groups in total. The zero-order valence-corrected chi connectivity index (χ0v) is 13.8. The molecule has 120 valence electrons. The highest BCUT2D eigenvalue weighted by Crippen LogP contribution is 2.25. The fourth-order valence-corrected chi connectivity index (χ4v) is 2.22. The van der Waals surface area contributed by atoms with E-state index in [1.807, 2.05) is 18.2 Å². The Morgan fingerprint density at radius 2 is 1.96 bits per heavy atom. The molecule has 0 spiro atoms. The van der Waals surface area contributed by atoms with Crippen LogP contribution in [0.2, 0.25) is 5.02 Å². The molecule has 2 rings (SSSR count). The van der Waals surface area contributed by atoms with Gasteiger partial charge >= 0.3 is 0 Å². The quantitative estimate of drug-likeness (QED) is 0.821. The molecule has 0 heterocycles. The van der Waals surface area contributed by atoms with Crippen molar-refractivity contribution in [3.8, 4) is 11.5 Å². The molecule has 0 aliphatic carbocycles. The Morgan fingerprint density at radius 1 is 1.17 bits per heavy atom. The third kappa shape index (κ3) is 4.76. The summed E-state index contributed by atoms with van der Waals surface area (Å²) in [6.07, 6.45) is 3.14. The zero-order valence-electron chi connectivity index (χ0n) is 13.0. The smallest absolute Gasteiger partial charge is 0.244 e. The minimum Gasteiger partial charge on any atom is -0.497 e. The Bertz CT molecular complexity index is 713. The SMILES string of the molecule is COc1ccc(OC)c(C=CC(=O)NCc2ccccc2Cl)c1. The average molecular weight is 332 g/mol. The number of nitrogens with one attached hydrogen (secondary N) is 1. The molecule has 0 aliphatic rings. The van der Waals surface area contributed by atoms with E-state index in [-0.39, 0.29) is 5.91 Å². The van der Waals surface area contributed by atoms with Gasteiger partial charge in [0.15, 0.2) is 0 Å². The van der Waals surface area contributed by atoms with Crippen LogP contribution < -0.4 is 14.8 Å². The predicted octanol–water partition coefficient (Wildman–Crippen LogP) is 3.69. The molecule has 4 nitrogen and oxygen atoms in total. The maximum Gasteiger partial charge on any atom is 0.244 e. The second kappa shape index (κ2) is 8.25. The molecule has 0 saturated heterocycles. The van der Waals surface area contributed by atoms with Gasteiger partial charge in [0, 0.05) is 23.2 Å². The van der Waals surface area contributed by atoms with Crippen molar-refractivity contribution in [1.29, 1.82) is 0 Å². The van der Waals surface area contributed by atoms with Gasteiger partial charge in [-0.25, -0.2) is 0 Å². The van der Waals surface area contributed by atoms with Crippen molar-refractivity contribution in [2.24, 2.45) is 0 Å². The van der Waals surface area contributed by atoms with Crippen LogP contribution in [0.5, 0.6) is 11.5 Å². The molecular formula is C18H18ClNO3. The monoisotopic (exact) mass is 331 g/mol. The van der Waals surface area contributed by atoms with Crippen LogP contribution in [0.4, 0.5) is 0 Å². The molecule has 0 saturated carbocycles. The van der Waals surface area contributed by atoms with Crippen molar-refractivity contribution in [2.45, 2.75) is 6.54 Å². The maximum absolute atomic E-state index is 11.9. The van der Waals surface area contributed by atoms with Crippen molar-refractivity contribution < 1.29 is 14.3 Å². The van der Waals surface area contributed by atoms with Gasteiger partial charge in [-0.3, -0.25) is 4.79 Å². The standard InChI is InChI=1S/C18H18ClNO3/c1-22-15-8-9-17(23-2)13(11-15)7-10-18(21)20-12-14-5-3-4-6-16(14)19/h3-11H,12H2,1-2H3,(H,20,21). The van der Waals surface area contributed by atoms with E-state index >= 15 is 0 Å². The molecular weight excluding hydrogens is 314 g/mol. The number of halogens is 1. The third-order valence-corrected chi connectivity index (χ3v) is 3.63. The summed E-state index contributed by atoms with van der Waals surface area (Å²) in [5, 5.41) is 3.42. The van der Waals surface area contributed by atoms with Crippen molar-refractivity contribution in [2.75, 3.05) is 14.2 Å². The fourth-order valence-electron chi connectivity index (χ4n) is 2.02. The second-order valence-electron chi connectivity index (χ2n) is 4.75. The molecule has 0 radical (unpaired) electrons. The molecule has 0 bridgehead atoms. The number of methoxy groups -OCH3 is 2. The average Bonchev–Trinajstić information content (AvgIpc) is 2.58. The first-order chi connectivity index (χ1) is 11.1. The van der Waals surface area contributed by atoms with E-state index in [1.165, 1.54) is 6.08 Å². The van der Waals surface area contributed by atoms with Crippen molar-refractivity contribution in [1.82, 2.24) is 5.32 Å². The number of benzene rings is 2. The van der Waals surface area contributed by atoms with E-state index in [0.29, 0.717) is 23.1 Å². The number of carbonyl (C=O) groups excluding carboxylic acids is 1. The molecule has 1 amide bonds. The van der Waals surface area contributed by atoms with E-state index in [4.69, 9.17) is 21.1 Å². The Labute approximate surface area is 140 Å². The number of amides is 1. The summed E-state index contributed by atoms with van der Waals surface area (Å²) in [6.45, 7) is 0.373. The van der Waals surface area contributed by atoms with Gasteiger partial charge in [0.2, 0.25) is 5.91 Å². The molecule has 0 unspecified atom stereocenters. The minimum absolute atomic E-state index is 0.213. The van der Waals surface area contributed by atoms with Crippen LogP contribution in [0.15, 0.2) is 48.5 Å². The first-order valence-corrected chi connectivity index (χ1v) is 7.43. The summed E-state index contributed by atoms with van der Waals surface area (Å²) in [5.41, 5.74) is 1.63. The number of hydrogen-bond acceptors (Lipinski definition) is 3. The van der Waals surface area contributed by atoms with E-state index in [1.54, 1.807) is 44.6 Å². The van der Waals surface area contributed by atoms with Gasteiger partial charge in [0.1, 0.15) is 11.5 Å². The molecule has 23 heavy (non-hydrogen) atoms. The van der Waals surface area contributed by atoms with E-state index < -0.39 is 0 Å². The van der Waals surface area contributed by atoms with Crippen LogP contribution in [-0.4, -0.2) is 20.1 Å². The van der Waals surface area contributed by atoms with Crippen LogP contribution in [0, 0.1) is 0 Å². The van der Waals surface area contributed by atoms with Gasteiger partial charge < -0.3 is 14.8 Å².